The average Bonchev–Trinajstić information content (AvgIpc) is 3.14. The van der Waals surface area contributed by atoms with Gasteiger partial charge in [0.2, 0.25) is 15.9 Å². The van der Waals surface area contributed by atoms with Crippen LogP contribution in [-0.2, 0) is 14.8 Å². The summed E-state index contributed by atoms with van der Waals surface area (Å²) in [5.41, 5.74) is 0.679. The summed E-state index contributed by atoms with van der Waals surface area (Å²) in [7, 11) is -3.43. The van der Waals surface area contributed by atoms with Crippen molar-refractivity contribution in [2.75, 3.05) is 18.4 Å². The second-order valence-electron chi connectivity index (χ2n) is 8.53. The number of benzene rings is 1. The Morgan fingerprint density at radius 2 is 1.70 bits per heavy atom. The van der Waals surface area contributed by atoms with Crippen LogP contribution in [0.15, 0.2) is 29.2 Å². The normalized spacial score (nSPS) is 28.8. The van der Waals surface area contributed by atoms with Crippen molar-refractivity contribution in [3.05, 3.63) is 24.3 Å². The van der Waals surface area contributed by atoms with Crippen molar-refractivity contribution in [2.45, 2.75) is 62.7 Å². The Bertz CT molecular complexity index is 767. The van der Waals surface area contributed by atoms with E-state index in [4.69, 9.17) is 0 Å². The molecule has 0 unspecified atom stereocenters. The molecule has 0 aromatic heterocycles. The number of hydrogen-bond acceptors (Lipinski definition) is 3. The molecule has 1 saturated heterocycles. The Labute approximate surface area is 162 Å². The van der Waals surface area contributed by atoms with Crippen LogP contribution in [0.1, 0.15) is 57.8 Å². The van der Waals surface area contributed by atoms with Gasteiger partial charge in [-0.1, -0.05) is 19.3 Å². The van der Waals surface area contributed by atoms with E-state index in [9.17, 15) is 13.2 Å². The van der Waals surface area contributed by atoms with Crippen molar-refractivity contribution in [1.82, 2.24) is 4.31 Å². The Morgan fingerprint density at radius 1 is 1.00 bits per heavy atom. The third kappa shape index (κ3) is 4.21. The minimum atomic E-state index is -3.43. The highest BCUT2D eigenvalue weighted by Gasteiger charge is 2.40. The van der Waals surface area contributed by atoms with Gasteiger partial charge in [0.25, 0.3) is 0 Å². The second-order valence-corrected chi connectivity index (χ2v) is 10.5. The maximum Gasteiger partial charge on any atom is 0.243 e. The molecule has 3 aliphatic rings. The minimum Gasteiger partial charge on any atom is -0.326 e. The zero-order valence-corrected chi connectivity index (χ0v) is 16.7. The number of fused-ring (bicyclic) bond motifs is 2. The maximum atomic E-state index is 12.8. The molecule has 2 saturated carbocycles. The molecule has 6 heteroatoms. The lowest BCUT2D eigenvalue weighted by molar-refractivity contribution is -0.117. The Hall–Kier alpha value is -1.40. The number of rotatable bonds is 5. The van der Waals surface area contributed by atoms with Crippen molar-refractivity contribution in [3.8, 4) is 0 Å². The van der Waals surface area contributed by atoms with Gasteiger partial charge < -0.3 is 5.32 Å². The first-order valence-corrected chi connectivity index (χ1v) is 11.9. The van der Waals surface area contributed by atoms with Crippen molar-refractivity contribution in [3.63, 3.8) is 0 Å². The Morgan fingerprint density at radius 3 is 2.30 bits per heavy atom. The van der Waals surface area contributed by atoms with Crippen LogP contribution in [0.4, 0.5) is 5.69 Å². The summed E-state index contributed by atoms with van der Waals surface area (Å²) in [6.07, 6.45) is 9.77. The maximum absolute atomic E-state index is 12.8. The van der Waals surface area contributed by atoms with Gasteiger partial charge >= 0.3 is 0 Å². The number of carbonyl (C=O) groups excluding carboxylic acids is 1. The summed E-state index contributed by atoms with van der Waals surface area (Å²) in [6, 6.07) is 6.66. The fourth-order valence-electron chi connectivity index (χ4n) is 5.22. The van der Waals surface area contributed by atoms with Crippen LogP contribution in [0.3, 0.4) is 0 Å². The first-order chi connectivity index (χ1) is 13.0. The van der Waals surface area contributed by atoms with Crippen molar-refractivity contribution in [2.24, 2.45) is 17.8 Å². The largest absolute Gasteiger partial charge is 0.326 e. The average molecular weight is 391 g/mol. The van der Waals surface area contributed by atoms with Crippen LogP contribution in [-0.4, -0.2) is 31.7 Å². The molecule has 5 nitrogen and oxygen atoms in total. The number of anilines is 1. The monoisotopic (exact) mass is 390 g/mol. The van der Waals surface area contributed by atoms with Gasteiger partial charge in [-0.2, -0.15) is 4.31 Å². The molecule has 4 rings (SSSR count). The smallest absolute Gasteiger partial charge is 0.243 e. The molecule has 0 radical (unpaired) electrons. The first-order valence-electron chi connectivity index (χ1n) is 10.4. The number of nitrogens with zero attached hydrogens (tertiary/aromatic N) is 1. The molecule has 1 N–H and O–H groups in total. The molecular weight excluding hydrogens is 360 g/mol. The number of hydrogen-bond donors (Lipinski definition) is 1. The van der Waals surface area contributed by atoms with E-state index in [-0.39, 0.29) is 5.91 Å². The molecule has 1 aromatic rings. The summed E-state index contributed by atoms with van der Waals surface area (Å²) >= 11 is 0. The van der Waals surface area contributed by atoms with Crippen LogP contribution < -0.4 is 5.32 Å². The second kappa shape index (κ2) is 7.92. The summed E-state index contributed by atoms with van der Waals surface area (Å²) in [5, 5.41) is 2.95. The van der Waals surface area contributed by atoms with E-state index in [0.717, 1.165) is 37.5 Å². The van der Waals surface area contributed by atoms with Crippen LogP contribution in [0.25, 0.3) is 0 Å². The van der Waals surface area contributed by atoms with Gasteiger partial charge in [0.15, 0.2) is 0 Å². The van der Waals surface area contributed by atoms with Crippen LogP contribution in [0, 0.1) is 17.8 Å². The van der Waals surface area contributed by atoms with E-state index >= 15 is 0 Å². The fourth-order valence-corrected chi connectivity index (χ4v) is 6.74. The van der Waals surface area contributed by atoms with Crippen LogP contribution in [0.2, 0.25) is 0 Å². The quantitative estimate of drug-likeness (QED) is 0.826. The van der Waals surface area contributed by atoms with Gasteiger partial charge in [-0.3, -0.25) is 4.79 Å². The number of nitrogens with one attached hydrogen (secondary N) is 1. The fraction of sp³-hybridized carbons (Fsp3) is 0.667. The summed E-state index contributed by atoms with van der Waals surface area (Å²) < 4.78 is 27.2. The molecule has 3 atom stereocenters. The molecule has 2 bridgehead atoms. The predicted octanol–water partition coefficient (Wildman–Crippen LogP) is 4.02. The van der Waals surface area contributed by atoms with Crippen LogP contribution >= 0.6 is 0 Å². The van der Waals surface area contributed by atoms with Gasteiger partial charge in [0.05, 0.1) is 4.90 Å². The molecule has 1 aliphatic heterocycles. The zero-order chi connectivity index (χ0) is 18.9. The van der Waals surface area contributed by atoms with Gasteiger partial charge in [-0.15, -0.1) is 0 Å². The van der Waals surface area contributed by atoms with Gasteiger partial charge in [-0.05, 0) is 74.1 Å². The van der Waals surface area contributed by atoms with Gasteiger partial charge in [-0.25, -0.2) is 8.42 Å². The highest BCUT2D eigenvalue weighted by Crippen LogP contribution is 2.49. The molecule has 148 valence electrons. The molecule has 3 fully saturated rings. The van der Waals surface area contributed by atoms with Crippen molar-refractivity contribution < 1.29 is 13.2 Å². The molecular formula is C21H30N2O3S. The van der Waals surface area contributed by atoms with E-state index in [0.29, 0.717) is 36.0 Å². The molecule has 2 aliphatic carbocycles. The molecule has 1 heterocycles. The van der Waals surface area contributed by atoms with E-state index in [1.807, 2.05) is 0 Å². The molecule has 27 heavy (non-hydrogen) atoms. The third-order valence-electron chi connectivity index (χ3n) is 6.67. The zero-order valence-electron chi connectivity index (χ0n) is 15.9. The summed E-state index contributed by atoms with van der Waals surface area (Å²) in [5.74, 6) is 2.17. The first kappa shape index (κ1) is 18.9. The third-order valence-corrected chi connectivity index (χ3v) is 8.59. The molecule has 1 amide bonds. The minimum absolute atomic E-state index is 0.0516. The summed E-state index contributed by atoms with van der Waals surface area (Å²) in [6.45, 7) is 1.20. The number of sulfonamides is 1. The van der Waals surface area contributed by atoms with Gasteiger partial charge in [0.1, 0.15) is 0 Å². The Balaban J connectivity index is 1.36. The number of carbonyl (C=O) groups is 1. The Kier molecular flexibility index (Phi) is 5.55. The van der Waals surface area contributed by atoms with E-state index in [1.165, 1.54) is 25.7 Å². The lowest BCUT2D eigenvalue weighted by Gasteiger charge is -2.21. The van der Waals surface area contributed by atoms with Crippen molar-refractivity contribution in [1.29, 1.82) is 0 Å². The molecule has 0 spiro atoms. The van der Waals surface area contributed by atoms with E-state index < -0.39 is 10.0 Å². The van der Waals surface area contributed by atoms with E-state index in [2.05, 4.69) is 5.32 Å². The molecule has 1 aromatic carbocycles. The standard InChI is InChI=1S/C21H30N2O3S/c24-21(15-18-14-16-5-6-17(18)13-16)22-19-7-9-20(10-8-19)27(25,26)23-11-3-1-2-4-12-23/h7-10,16-18H,1-6,11-15H2,(H,22,24)/t16-,17-,18-/m0/s1. The predicted molar refractivity (Wildman–Crippen MR) is 106 cm³/mol. The van der Waals surface area contributed by atoms with Gasteiger partial charge in [0, 0.05) is 25.2 Å². The van der Waals surface area contributed by atoms with Crippen LogP contribution in [0.5, 0.6) is 0 Å². The van der Waals surface area contributed by atoms with Crippen molar-refractivity contribution >= 4 is 21.6 Å². The highest BCUT2D eigenvalue weighted by molar-refractivity contribution is 7.89. The lowest BCUT2D eigenvalue weighted by Crippen LogP contribution is -2.31. The summed E-state index contributed by atoms with van der Waals surface area (Å²) in [4.78, 5) is 12.7. The number of amides is 1. The lowest BCUT2D eigenvalue weighted by atomic mass is 9.86. The SMILES string of the molecule is O=C(C[C@@H]1C[C@H]2CC[C@H]1C2)Nc1ccc(S(=O)(=O)N2CCCCCC2)cc1. The highest BCUT2D eigenvalue weighted by atomic mass is 32.2. The van der Waals surface area contributed by atoms with E-state index in [1.54, 1.807) is 28.6 Å². The topological polar surface area (TPSA) is 66.5 Å².